The molecule has 3 aromatic rings. The molecule has 1 aliphatic rings. The van der Waals surface area contributed by atoms with Crippen LogP contribution in [0.3, 0.4) is 0 Å². The molecule has 1 unspecified atom stereocenters. The topological polar surface area (TPSA) is 54.1 Å². The van der Waals surface area contributed by atoms with Gasteiger partial charge in [-0.05, 0) is 56.4 Å². The Hall–Kier alpha value is -2.59. The molecule has 27 heavy (non-hydrogen) atoms. The summed E-state index contributed by atoms with van der Waals surface area (Å²) >= 11 is 0. The zero-order valence-electron chi connectivity index (χ0n) is 16.2. The Labute approximate surface area is 159 Å². The number of amides is 1. The summed E-state index contributed by atoms with van der Waals surface area (Å²) < 4.78 is 5.66. The maximum Gasteiger partial charge on any atom is 0.252 e. The van der Waals surface area contributed by atoms with Gasteiger partial charge in [0, 0.05) is 24.2 Å². The van der Waals surface area contributed by atoms with E-state index in [-0.39, 0.29) is 5.91 Å². The monoisotopic (exact) mass is 362 g/mol. The van der Waals surface area contributed by atoms with Crippen molar-refractivity contribution in [3.63, 3.8) is 0 Å². The third kappa shape index (κ3) is 3.26. The highest BCUT2D eigenvalue weighted by Crippen LogP contribution is 2.32. The fraction of sp³-hybridized carbons (Fsp3) is 0.348. The molecule has 0 saturated carbocycles. The van der Waals surface area contributed by atoms with E-state index in [4.69, 9.17) is 4.74 Å². The first-order valence-corrected chi connectivity index (χ1v) is 9.57. The van der Waals surface area contributed by atoms with Gasteiger partial charge in [-0.25, -0.2) is 0 Å². The van der Waals surface area contributed by atoms with Crippen LogP contribution in [0.15, 0.2) is 42.5 Å². The lowest BCUT2D eigenvalue weighted by molar-refractivity contribution is -0.139. The van der Waals surface area contributed by atoms with Crippen molar-refractivity contribution in [3.05, 3.63) is 59.2 Å². The molecule has 140 valence electrons. The number of ether oxygens (including phenoxy) is 1. The van der Waals surface area contributed by atoms with E-state index in [1.807, 2.05) is 13.0 Å². The molecule has 0 bridgehead atoms. The van der Waals surface area contributed by atoms with Crippen molar-refractivity contribution in [2.24, 2.45) is 0 Å². The zero-order chi connectivity index (χ0) is 19.0. The van der Waals surface area contributed by atoms with E-state index in [1.165, 1.54) is 22.1 Å². The fourth-order valence-corrected chi connectivity index (χ4v) is 4.01. The number of nitrogens with one attached hydrogen (secondary N) is 2. The predicted molar refractivity (Wildman–Crippen MR) is 109 cm³/mol. The number of hydrogen-bond acceptors (Lipinski definition) is 2. The van der Waals surface area contributed by atoms with E-state index < -0.39 is 5.60 Å². The largest absolute Gasteiger partial charge is 0.365 e. The van der Waals surface area contributed by atoms with Gasteiger partial charge in [-0.15, -0.1) is 0 Å². The first kappa shape index (κ1) is 17.8. The average molecular weight is 362 g/mol. The van der Waals surface area contributed by atoms with Crippen molar-refractivity contribution < 1.29 is 9.53 Å². The van der Waals surface area contributed by atoms with Crippen molar-refractivity contribution in [2.75, 3.05) is 6.61 Å². The summed E-state index contributed by atoms with van der Waals surface area (Å²) in [5.74, 6) is -0.0267. The number of carbonyl (C=O) groups excluding carboxylic acids is 1. The molecule has 2 heterocycles. The minimum absolute atomic E-state index is 0.0267. The van der Waals surface area contributed by atoms with Gasteiger partial charge in [-0.2, -0.15) is 0 Å². The quantitative estimate of drug-likeness (QED) is 0.710. The van der Waals surface area contributed by atoms with Crippen molar-refractivity contribution in [1.82, 2.24) is 10.3 Å². The second-order valence-electron chi connectivity index (χ2n) is 7.70. The number of carbonyl (C=O) groups is 1. The molecule has 1 atom stereocenters. The molecule has 2 N–H and O–H groups in total. The number of aromatic nitrogens is 1. The van der Waals surface area contributed by atoms with Crippen LogP contribution >= 0.6 is 0 Å². The number of fused-ring (bicyclic) bond motifs is 1. The van der Waals surface area contributed by atoms with Crippen LogP contribution in [0.5, 0.6) is 0 Å². The van der Waals surface area contributed by atoms with Crippen molar-refractivity contribution in [2.45, 2.75) is 45.8 Å². The van der Waals surface area contributed by atoms with Gasteiger partial charge in [-0.3, -0.25) is 4.79 Å². The Morgan fingerprint density at radius 3 is 2.70 bits per heavy atom. The minimum Gasteiger partial charge on any atom is -0.365 e. The third-order valence-corrected chi connectivity index (χ3v) is 5.59. The van der Waals surface area contributed by atoms with Gasteiger partial charge in [0.2, 0.25) is 0 Å². The molecule has 2 aromatic carbocycles. The highest BCUT2D eigenvalue weighted by Gasteiger charge is 2.37. The van der Waals surface area contributed by atoms with Crippen molar-refractivity contribution >= 4 is 16.8 Å². The third-order valence-electron chi connectivity index (χ3n) is 5.59. The van der Waals surface area contributed by atoms with Gasteiger partial charge in [0.15, 0.2) is 0 Å². The van der Waals surface area contributed by atoms with Crippen LogP contribution in [0.4, 0.5) is 0 Å². The van der Waals surface area contributed by atoms with Crippen LogP contribution in [0, 0.1) is 13.8 Å². The van der Waals surface area contributed by atoms with E-state index in [0.29, 0.717) is 13.2 Å². The van der Waals surface area contributed by atoms with Crippen LogP contribution in [0.25, 0.3) is 22.2 Å². The van der Waals surface area contributed by atoms with E-state index in [2.05, 4.69) is 60.5 Å². The highest BCUT2D eigenvalue weighted by molar-refractivity contribution is 5.93. The number of rotatable bonds is 4. The molecule has 0 spiro atoms. The predicted octanol–water partition coefficient (Wildman–Crippen LogP) is 4.64. The summed E-state index contributed by atoms with van der Waals surface area (Å²) in [6.07, 6.45) is 1.72. The average Bonchev–Trinajstić information content (AvgIpc) is 3.25. The minimum atomic E-state index is -0.691. The molecule has 0 radical (unpaired) electrons. The van der Waals surface area contributed by atoms with Gasteiger partial charge in [0.25, 0.3) is 5.91 Å². The molecule has 0 aliphatic carbocycles. The van der Waals surface area contributed by atoms with Gasteiger partial charge in [-0.1, -0.05) is 42.0 Å². The molecular formula is C23H26N2O2. The number of hydrogen-bond donors (Lipinski definition) is 2. The standard InChI is InChI=1S/C23H26N2O2/c1-15-12-18(14-24-22(26)23(3)10-7-11-27-23)21-19(13-15)16(2)20(25-21)17-8-5-4-6-9-17/h4-6,8-9,12-13,25H,7,10-11,14H2,1-3H3,(H,24,26). The Bertz CT molecular complexity index is 983. The Kier molecular flexibility index (Phi) is 4.52. The number of H-pyrrole nitrogens is 1. The molecule has 4 heteroatoms. The molecule has 1 aliphatic heterocycles. The van der Waals surface area contributed by atoms with Gasteiger partial charge in [0.05, 0.1) is 5.52 Å². The van der Waals surface area contributed by atoms with E-state index in [9.17, 15) is 4.79 Å². The van der Waals surface area contributed by atoms with Crippen LogP contribution in [-0.4, -0.2) is 23.1 Å². The van der Waals surface area contributed by atoms with Crippen molar-refractivity contribution in [3.8, 4) is 11.3 Å². The second-order valence-corrected chi connectivity index (χ2v) is 7.70. The summed E-state index contributed by atoms with van der Waals surface area (Å²) in [5, 5.41) is 4.29. The summed E-state index contributed by atoms with van der Waals surface area (Å²) in [4.78, 5) is 16.2. The lowest BCUT2D eigenvalue weighted by Crippen LogP contribution is -2.43. The molecule has 1 aromatic heterocycles. The molecule has 1 fully saturated rings. The number of aryl methyl sites for hydroxylation is 2. The summed E-state index contributed by atoms with van der Waals surface area (Å²) in [7, 11) is 0. The SMILES string of the molecule is Cc1cc(CNC(=O)C2(C)CCCO2)c2[nH]c(-c3ccccc3)c(C)c2c1. The number of benzene rings is 2. The molecule has 1 amide bonds. The zero-order valence-corrected chi connectivity index (χ0v) is 16.2. The fourth-order valence-electron chi connectivity index (χ4n) is 4.01. The number of aromatic amines is 1. The van der Waals surface area contributed by atoms with Crippen molar-refractivity contribution in [1.29, 1.82) is 0 Å². The van der Waals surface area contributed by atoms with Crippen LogP contribution in [0.1, 0.15) is 36.5 Å². The van der Waals surface area contributed by atoms with E-state index in [1.54, 1.807) is 0 Å². The first-order valence-electron chi connectivity index (χ1n) is 9.57. The van der Waals surface area contributed by atoms with Gasteiger partial charge in [0.1, 0.15) is 5.60 Å². The normalized spacial score (nSPS) is 19.5. The lowest BCUT2D eigenvalue weighted by atomic mass is 10.0. The maximum absolute atomic E-state index is 12.6. The molecule has 4 rings (SSSR count). The Balaban J connectivity index is 1.67. The molecule has 4 nitrogen and oxygen atoms in total. The van der Waals surface area contributed by atoms with Gasteiger partial charge < -0.3 is 15.0 Å². The molecule has 1 saturated heterocycles. The van der Waals surface area contributed by atoms with Gasteiger partial charge >= 0.3 is 0 Å². The van der Waals surface area contributed by atoms with Crippen LogP contribution in [-0.2, 0) is 16.1 Å². The Morgan fingerprint density at radius 2 is 2.00 bits per heavy atom. The molecular weight excluding hydrogens is 336 g/mol. The second kappa shape index (κ2) is 6.86. The van der Waals surface area contributed by atoms with Crippen LogP contribution < -0.4 is 5.32 Å². The first-order chi connectivity index (χ1) is 13.0. The summed E-state index contributed by atoms with van der Waals surface area (Å²) in [6.45, 7) is 7.28. The highest BCUT2D eigenvalue weighted by atomic mass is 16.5. The van der Waals surface area contributed by atoms with Crippen LogP contribution in [0.2, 0.25) is 0 Å². The van der Waals surface area contributed by atoms with E-state index in [0.717, 1.165) is 29.6 Å². The lowest BCUT2D eigenvalue weighted by Gasteiger charge is -2.22. The summed E-state index contributed by atoms with van der Waals surface area (Å²) in [5.41, 5.74) is 6.24. The Morgan fingerprint density at radius 1 is 1.22 bits per heavy atom. The van der Waals surface area contributed by atoms with E-state index >= 15 is 0 Å². The maximum atomic E-state index is 12.6. The summed E-state index contributed by atoms with van der Waals surface area (Å²) in [6, 6.07) is 14.7. The smallest absolute Gasteiger partial charge is 0.252 e.